The summed E-state index contributed by atoms with van der Waals surface area (Å²) < 4.78 is 18.4. The van der Waals surface area contributed by atoms with Crippen molar-refractivity contribution in [2.45, 2.75) is 6.92 Å². The molecule has 0 fully saturated rings. The lowest BCUT2D eigenvalue weighted by molar-refractivity contribution is 0.0737. The Balaban J connectivity index is 1.99. The van der Waals surface area contributed by atoms with Gasteiger partial charge in [-0.05, 0) is 37.3 Å². The summed E-state index contributed by atoms with van der Waals surface area (Å²) in [6.45, 7) is 1.86. The molecule has 0 aliphatic heterocycles. The van der Waals surface area contributed by atoms with Crippen LogP contribution in [0.4, 0.5) is 4.39 Å². The first-order valence-corrected chi connectivity index (χ1v) is 6.96. The fourth-order valence-electron chi connectivity index (χ4n) is 2.11. The summed E-state index contributed by atoms with van der Waals surface area (Å²) in [5.74, 6) is -0.823. The van der Waals surface area contributed by atoms with Crippen molar-refractivity contribution in [3.8, 4) is 5.75 Å². The van der Waals surface area contributed by atoms with Crippen molar-refractivity contribution in [1.82, 2.24) is 4.98 Å². The highest BCUT2D eigenvalue weighted by molar-refractivity contribution is 6.33. The quantitative estimate of drug-likeness (QED) is 0.514. The van der Waals surface area contributed by atoms with Gasteiger partial charge in [0.2, 0.25) is 0 Å². The maximum atomic E-state index is 13.0. The molecule has 1 aromatic heterocycles. The van der Waals surface area contributed by atoms with Crippen LogP contribution in [-0.4, -0.2) is 11.0 Å². The van der Waals surface area contributed by atoms with Gasteiger partial charge in [-0.3, -0.25) is 0 Å². The van der Waals surface area contributed by atoms with Gasteiger partial charge in [-0.15, -0.1) is 0 Å². The summed E-state index contributed by atoms with van der Waals surface area (Å²) in [5.41, 5.74) is 1.51. The summed E-state index contributed by atoms with van der Waals surface area (Å²) in [7, 11) is 0. The molecule has 3 aromatic rings. The van der Waals surface area contributed by atoms with Gasteiger partial charge in [-0.2, -0.15) is 0 Å². The topological polar surface area (TPSA) is 39.2 Å². The zero-order valence-electron chi connectivity index (χ0n) is 11.6. The number of halogens is 2. The van der Waals surface area contributed by atoms with E-state index >= 15 is 0 Å². The van der Waals surface area contributed by atoms with Gasteiger partial charge in [0.1, 0.15) is 11.3 Å². The third-order valence-corrected chi connectivity index (χ3v) is 3.49. The fraction of sp³-hybridized carbons (Fsp3) is 0.0588. The average molecular weight is 316 g/mol. The Bertz CT molecular complexity index is 880. The third kappa shape index (κ3) is 2.78. The smallest absolute Gasteiger partial charge is 0.345 e. The zero-order chi connectivity index (χ0) is 15.7. The number of aryl methyl sites for hydroxylation is 1. The van der Waals surface area contributed by atoms with Crippen LogP contribution in [0.25, 0.3) is 10.9 Å². The summed E-state index contributed by atoms with van der Waals surface area (Å²) in [6, 6.07) is 12.6. The molecule has 0 unspecified atom stereocenters. The van der Waals surface area contributed by atoms with Gasteiger partial charge in [0, 0.05) is 11.1 Å². The van der Waals surface area contributed by atoms with Crippen molar-refractivity contribution >= 4 is 28.5 Å². The molecule has 0 aliphatic carbocycles. The lowest BCUT2D eigenvalue weighted by Gasteiger charge is -2.08. The Morgan fingerprint density at radius 1 is 1.18 bits per heavy atom. The van der Waals surface area contributed by atoms with Crippen LogP contribution in [0, 0.1) is 12.7 Å². The highest BCUT2D eigenvalue weighted by Gasteiger charge is 2.15. The number of rotatable bonds is 2. The van der Waals surface area contributed by atoms with Crippen molar-refractivity contribution in [2.75, 3.05) is 0 Å². The van der Waals surface area contributed by atoms with E-state index in [0.29, 0.717) is 11.3 Å². The highest BCUT2D eigenvalue weighted by Crippen LogP contribution is 2.26. The van der Waals surface area contributed by atoms with Crippen molar-refractivity contribution < 1.29 is 13.9 Å². The van der Waals surface area contributed by atoms with E-state index in [1.807, 2.05) is 25.1 Å². The van der Waals surface area contributed by atoms with Crippen LogP contribution in [-0.2, 0) is 0 Å². The van der Waals surface area contributed by atoms with E-state index < -0.39 is 11.8 Å². The van der Waals surface area contributed by atoms with Gasteiger partial charge in [-0.25, -0.2) is 14.2 Å². The summed E-state index contributed by atoms with van der Waals surface area (Å²) in [5, 5.41) is 0.871. The van der Waals surface area contributed by atoms with Gasteiger partial charge in [0.15, 0.2) is 5.75 Å². The molecular weight excluding hydrogens is 305 g/mol. The molecule has 0 saturated heterocycles. The van der Waals surface area contributed by atoms with Crippen LogP contribution in [0.3, 0.4) is 0 Å². The largest absolute Gasteiger partial charge is 0.421 e. The molecule has 0 atom stereocenters. The van der Waals surface area contributed by atoms with Gasteiger partial charge < -0.3 is 4.74 Å². The Hall–Kier alpha value is -2.46. The molecule has 3 nitrogen and oxygen atoms in total. The van der Waals surface area contributed by atoms with E-state index in [1.165, 1.54) is 6.07 Å². The minimum absolute atomic E-state index is 0.00868. The first-order valence-electron chi connectivity index (χ1n) is 6.58. The number of para-hydroxylation sites is 1. The number of aromatic nitrogens is 1. The minimum Gasteiger partial charge on any atom is -0.421 e. The molecule has 0 radical (unpaired) electrons. The van der Waals surface area contributed by atoms with E-state index in [9.17, 15) is 9.18 Å². The SMILES string of the molecule is Cc1ccc2cccc(OC(=O)c3ccc(F)cc3Cl)c2n1. The standard InChI is InChI=1S/C17H11ClFNO2/c1-10-5-6-11-3-2-4-15(16(11)20-10)22-17(21)13-8-7-12(19)9-14(13)18/h2-9H,1H3. The van der Waals surface area contributed by atoms with Crippen LogP contribution < -0.4 is 4.74 Å². The molecule has 0 aliphatic rings. The second-order valence-electron chi connectivity index (χ2n) is 4.79. The normalized spacial score (nSPS) is 10.7. The number of pyridine rings is 1. The molecule has 5 heteroatoms. The predicted octanol–water partition coefficient (Wildman–Crippen LogP) is 4.55. The predicted molar refractivity (Wildman–Crippen MR) is 82.8 cm³/mol. The number of hydrogen-bond acceptors (Lipinski definition) is 3. The summed E-state index contributed by atoms with van der Waals surface area (Å²) in [4.78, 5) is 16.6. The van der Waals surface area contributed by atoms with Gasteiger partial charge in [0.25, 0.3) is 0 Å². The Morgan fingerprint density at radius 2 is 2.00 bits per heavy atom. The van der Waals surface area contributed by atoms with E-state index in [0.717, 1.165) is 23.2 Å². The number of esters is 1. The molecule has 22 heavy (non-hydrogen) atoms. The molecule has 0 spiro atoms. The third-order valence-electron chi connectivity index (χ3n) is 3.18. The molecule has 1 heterocycles. The molecule has 0 amide bonds. The van der Waals surface area contributed by atoms with Crippen molar-refractivity contribution in [3.63, 3.8) is 0 Å². The van der Waals surface area contributed by atoms with Crippen LogP contribution in [0.1, 0.15) is 16.1 Å². The van der Waals surface area contributed by atoms with Crippen LogP contribution in [0.5, 0.6) is 5.75 Å². The van der Waals surface area contributed by atoms with Gasteiger partial charge in [0.05, 0.1) is 10.6 Å². The van der Waals surface area contributed by atoms with E-state index in [2.05, 4.69) is 4.98 Å². The van der Waals surface area contributed by atoms with Crippen molar-refractivity contribution in [1.29, 1.82) is 0 Å². The summed E-state index contributed by atoms with van der Waals surface area (Å²) in [6.07, 6.45) is 0. The van der Waals surface area contributed by atoms with Crippen LogP contribution in [0.2, 0.25) is 5.02 Å². The average Bonchev–Trinajstić information content (AvgIpc) is 2.47. The second kappa shape index (κ2) is 5.73. The fourth-order valence-corrected chi connectivity index (χ4v) is 2.35. The number of nitrogens with zero attached hydrogens (tertiary/aromatic N) is 1. The number of benzene rings is 2. The molecule has 3 rings (SSSR count). The van der Waals surface area contributed by atoms with Crippen molar-refractivity contribution in [3.05, 3.63) is 70.6 Å². The Kier molecular flexibility index (Phi) is 3.77. The molecule has 0 N–H and O–H groups in total. The second-order valence-corrected chi connectivity index (χ2v) is 5.20. The molecule has 2 aromatic carbocycles. The first kappa shape index (κ1) is 14.5. The lowest BCUT2D eigenvalue weighted by atomic mass is 10.2. The number of carbonyl (C=O) groups is 1. The number of fused-ring (bicyclic) bond motifs is 1. The van der Waals surface area contributed by atoms with Crippen LogP contribution in [0.15, 0.2) is 48.5 Å². The summed E-state index contributed by atoms with van der Waals surface area (Å²) >= 11 is 5.88. The molecular formula is C17H11ClFNO2. The minimum atomic E-state index is -0.652. The van der Waals surface area contributed by atoms with E-state index in [1.54, 1.807) is 12.1 Å². The molecule has 0 saturated carbocycles. The van der Waals surface area contributed by atoms with Crippen LogP contribution >= 0.6 is 11.6 Å². The van der Waals surface area contributed by atoms with E-state index in [-0.39, 0.29) is 10.6 Å². The zero-order valence-corrected chi connectivity index (χ0v) is 12.4. The van der Waals surface area contributed by atoms with Crippen molar-refractivity contribution in [2.24, 2.45) is 0 Å². The Morgan fingerprint density at radius 3 is 2.77 bits per heavy atom. The maximum absolute atomic E-state index is 13.0. The highest BCUT2D eigenvalue weighted by atomic mass is 35.5. The van der Waals surface area contributed by atoms with Gasteiger partial charge in [-0.1, -0.05) is 29.8 Å². The lowest BCUT2D eigenvalue weighted by Crippen LogP contribution is -2.10. The molecule has 110 valence electrons. The number of hydrogen-bond donors (Lipinski definition) is 0. The monoisotopic (exact) mass is 315 g/mol. The van der Waals surface area contributed by atoms with E-state index in [4.69, 9.17) is 16.3 Å². The molecule has 0 bridgehead atoms. The first-order chi connectivity index (χ1) is 10.5. The Labute approximate surface area is 131 Å². The number of carbonyl (C=O) groups excluding carboxylic acids is 1. The van der Waals surface area contributed by atoms with Gasteiger partial charge >= 0.3 is 5.97 Å². The number of ether oxygens (including phenoxy) is 1. The maximum Gasteiger partial charge on any atom is 0.345 e.